The Hall–Kier alpha value is -2.77. The highest BCUT2D eigenvalue weighted by Gasteiger charge is 2.34. The van der Waals surface area contributed by atoms with Gasteiger partial charge in [0, 0.05) is 6.54 Å². The van der Waals surface area contributed by atoms with E-state index in [4.69, 9.17) is 18.9 Å². The number of nitrogens with zero attached hydrogens (tertiary/aromatic N) is 1. The summed E-state index contributed by atoms with van der Waals surface area (Å²) in [6.07, 6.45) is -0.457. The van der Waals surface area contributed by atoms with Crippen LogP contribution in [0.1, 0.15) is 32.8 Å². The molecule has 0 N–H and O–H groups in total. The van der Waals surface area contributed by atoms with Crippen molar-refractivity contribution in [2.75, 3.05) is 27.9 Å². The molecule has 156 valence electrons. The van der Waals surface area contributed by atoms with Crippen molar-refractivity contribution in [3.05, 3.63) is 23.8 Å². The summed E-state index contributed by atoms with van der Waals surface area (Å²) in [7, 11) is 4.30. The normalized spacial score (nSPS) is 11.5. The summed E-state index contributed by atoms with van der Waals surface area (Å²) >= 11 is 0. The largest absolute Gasteiger partial charge is 0.493 e. The molecule has 0 heterocycles. The molecule has 8 heteroatoms. The SMILES string of the molecule is CCOC(=O)CC(=O)N(Cc1ccc(OC)c(OC)c1)C(C(=O)OC)C(C)C. The lowest BCUT2D eigenvalue weighted by molar-refractivity contribution is -0.159. The molecule has 0 saturated heterocycles. The minimum absolute atomic E-state index is 0.0938. The molecule has 0 fully saturated rings. The Bertz CT molecular complexity index is 687. The van der Waals surface area contributed by atoms with Crippen molar-refractivity contribution >= 4 is 17.8 Å². The second-order valence-corrected chi connectivity index (χ2v) is 6.40. The lowest BCUT2D eigenvalue weighted by Gasteiger charge is -2.32. The molecule has 0 aromatic heterocycles. The highest BCUT2D eigenvalue weighted by molar-refractivity contribution is 5.96. The number of carbonyl (C=O) groups excluding carboxylic acids is 3. The Balaban J connectivity index is 3.24. The first-order valence-electron chi connectivity index (χ1n) is 9.02. The highest BCUT2D eigenvalue weighted by Crippen LogP contribution is 2.29. The number of hydrogen-bond acceptors (Lipinski definition) is 7. The van der Waals surface area contributed by atoms with Crippen LogP contribution in [0.25, 0.3) is 0 Å². The molecule has 0 saturated carbocycles. The number of amides is 1. The molecule has 0 bridgehead atoms. The Morgan fingerprint density at radius 1 is 1.04 bits per heavy atom. The Morgan fingerprint density at radius 3 is 2.18 bits per heavy atom. The molecule has 1 atom stereocenters. The molecule has 1 unspecified atom stereocenters. The summed E-state index contributed by atoms with van der Waals surface area (Å²) in [5, 5.41) is 0. The van der Waals surface area contributed by atoms with Crippen molar-refractivity contribution in [3.63, 3.8) is 0 Å². The van der Waals surface area contributed by atoms with Gasteiger partial charge < -0.3 is 23.8 Å². The third-order valence-electron chi connectivity index (χ3n) is 4.13. The Morgan fingerprint density at radius 2 is 1.68 bits per heavy atom. The van der Waals surface area contributed by atoms with Crippen LogP contribution in [0.4, 0.5) is 0 Å². The van der Waals surface area contributed by atoms with Gasteiger partial charge >= 0.3 is 11.9 Å². The van der Waals surface area contributed by atoms with Gasteiger partial charge in [0.1, 0.15) is 12.5 Å². The summed E-state index contributed by atoms with van der Waals surface area (Å²) in [5.74, 6) is -0.887. The van der Waals surface area contributed by atoms with Crippen molar-refractivity contribution in [2.24, 2.45) is 5.92 Å². The van der Waals surface area contributed by atoms with Crippen LogP contribution in [0.3, 0.4) is 0 Å². The number of hydrogen-bond donors (Lipinski definition) is 0. The summed E-state index contributed by atoms with van der Waals surface area (Å²) in [5.41, 5.74) is 0.712. The van der Waals surface area contributed by atoms with Crippen molar-refractivity contribution in [1.82, 2.24) is 4.90 Å². The fraction of sp³-hybridized carbons (Fsp3) is 0.550. The topological polar surface area (TPSA) is 91.4 Å². The van der Waals surface area contributed by atoms with Gasteiger partial charge in [-0.1, -0.05) is 19.9 Å². The molecule has 0 radical (unpaired) electrons. The Labute approximate surface area is 165 Å². The summed E-state index contributed by atoms with van der Waals surface area (Å²) < 4.78 is 20.3. The van der Waals surface area contributed by atoms with E-state index >= 15 is 0 Å². The zero-order valence-electron chi connectivity index (χ0n) is 17.3. The van der Waals surface area contributed by atoms with Gasteiger partial charge in [-0.15, -0.1) is 0 Å². The van der Waals surface area contributed by atoms with Crippen LogP contribution in [0, 0.1) is 5.92 Å². The predicted molar refractivity (Wildman–Crippen MR) is 102 cm³/mol. The summed E-state index contributed by atoms with van der Waals surface area (Å²) in [4.78, 5) is 38.3. The maximum atomic E-state index is 12.8. The molecular weight excluding hydrogens is 366 g/mol. The Kier molecular flexibility index (Phi) is 9.27. The van der Waals surface area contributed by atoms with Crippen molar-refractivity contribution < 1.29 is 33.3 Å². The van der Waals surface area contributed by atoms with Gasteiger partial charge in [0.25, 0.3) is 0 Å². The van der Waals surface area contributed by atoms with Crippen molar-refractivity contribution in [1.29, 1.82) is 0 Å². The maximum absolute atomic E-state index is 12.8. The van der Waals surface area contributed by atoms with Gasteiger partial charge in [0.2, 0.25) is 5.91 Å². The van der Waals surface area contributed by atoms with E-state index in [9.17, 15) is 14.4 Å². The number of ether oxygens (including phenoxy) is 4. The molecule has 1 rings (SSSR count). The van der Waals surface area contributed by atoms with Gasteiger partial charge in [-0.05, 0) is 30.5 Å². The number of carbonyl (C=O) groups is 3. The second kappa shape index (κ2) is 11.2. The standard InChI is InChI=1S/C20H29NO7/c1-7-28-18(23)11-17(22)21(19(13(2)3)20(24)27-6)12-14-8-9-15(25-4)16(10-14)26-5/h8-10,13,19H,7,11-12H2,1-6H3. The van der Waals surface area contributed by atoms with Crippen LogP contribution in [0.15, 0.2) is 18.2 Å². The second-order valence-electron chi connectivity index (χ2n) is 6.40. The van der Waals surface area contributed by atoms with Crippen LogP contribution in [-0.4, -0.2) is 56.7 Å². The van der Waals surface area contributed by atoms with Gasteiger partial charge in [-0.25, -0.2) is 4.79 Å². The monoisotopic (exact) mass is 395 g/mol. The zero-order chi connectivity index (χ0) is 21.3. The molecule has 0 spiro atoms. The minimum Gasteiger partial charge on any atom is -0.493 e. The average molecular weight is 395 g/mol. The van der Waals surface area contributed by atoms with Crippen molar-refractivity contribution in [3.8, 4) is 11.5 Å². The first-order chi connectivity index (χ1) is 13.3. The molecule has 8 nitrogen and oxygen atoms in total. The number of methoxy groups -OCH3 is 3. The van der Waals surface area contributed by atoms with Crippen LogP contribution < -0.4 is 9.47 Å². The van der Waals surface area contributed by atoms with Crippen LogP contribution >= 0.6 is 0 Å². The minimum atomic E-state index is -0.847. The van der Waals surface area contributed by atoms with Crippen LogP contribution in [-0.2, 0) is 30.4 Å². The third-order valence-corrected chi connectivity index (χ3v) is 4.13. The molecule has 0 aliphatic carbocycles. The quantitative estimate of drug-likeness (QED) is 0.443. The first-order valence-corrected chi connectivity index (χ1v) is 9.02. The smallest absolute Gasteiger partial charge is 0.328 e. The van der Waals surface area contributed by atoms with E-state index in [-0.39, 0.29) is 19.1 Å². The predicted octanol–water partition coefficient (Wildman–Crippen LogP) is 2.18. The van der Waals surface area contributed by atoms with E-state index in [1.807, 2.05) is 0 Å². The van der Waals surface area contributed by atoms with Gasteiger partial charge in [0.05, 0.1) is 27.9 Å². The zero-order valence-corrected chi connectivity index (χ0v) is 17.3. The van der Waals surface area contributed by atoms with Gasteiger partial charge in [-0.2, -0.15) is 0 Å². The number of benzene rings is 1. The van der Waals surface area contributed by atoms with E-state index in [2.05, 4.69) is 0 Å². The average Bonchev–Trinajstić information content (AvgIpc) is 2.66. The first kappa shape index (κ1) is 23.3. The molecule has 1 aromatic carbocycles. The summed E-state index contributed by atoms with van der Waals surface area (Å²) in [6.45, 7) is 5.54. The fourth-order valence-corrected chi connectivity index (χ4v) is 2.83. The van der Waals surface area contributed by atoms with E-state index < -0.39 is 30.3 Å². The molecule has 28 heavy (non-hydrogen) atoms. The molecular formula is C20H29NO7. The fourth-order valence-electron chi connectivity index (χ4n) is 2.83. The summed E-state index contributed by atoms with van der Waals surface area (Å²) in [6, 6.07) is 4.35. The molecule has 1 aromatic rings. The van der Waals surface area contributed by atoms with Crippen molar-refractivity contribution in [2.45, 2.75) is 39.8 Å². The highest BCUT2D eigenvalue weighted by atomic mass is 16.5. The molecule has 1 amide bonds. The van der Waals surface area contributed by atoms with Gasteiger partial charge in [0.15, 0.2) is 11.5 Å². The van der Waals surface area contributed by atoms with E-state index in [1.165, 1.54) is 26.2 Å². The van der Waals surface area contributed by atoms with Crippen LogP contribution in [0.5, 0.6) is 11.5 Å². The van der Waals surface area contributed by atoms with E-state index in [0.29, 0.717) is 17.1 Å². The molecule has 0 aliphatic rings. The number of esters is 2. The lowest BCUT2D eigenvalue weighted by Crippen LogP contribution is -2.48. The maximum Gasteiger partial charge on any atom is 0.328 e. The third kappa shape index (κ3) is 6.14. The van der Waals surface area contributed by atoms with Crippen LogP contribution in [0.2, 0.25) is 0 Å². The molecule has 0 aliphatic heterocycles. The number of rotatable bonds is 10. The van der Waals surface area contributed by atoms with Gasteiger partial charge in [-0.3, -0.25) is 9.59 Å². The van der Waals surface area contributed by atoms with E-state index in [1.54, 1.807) is 39.0 Å². The lowest BCUT2D eigenvalue weighted by atomic mass is 10.0. The van der Waals surface area contributed by atoms with E-state index in [0.717, 1.165) is 0 Å².